The van der Waals surface area contributed by atoms with Gasteiger partial charge in [0.25, 0.3) is 0 Å². The maximum absolute atomic E-state index is 14.3. The Morgan fingerprint density at radius 2 is 1.39 bits per heavy atom. The van der Waals surface area contributed by atoms with Crippen LogP contribution in [0.4, 0.5) is 26.3 Å². The quantitative estimate of drug-likeness (QED) is 0.218. The number of hydrogen-bond donors (Lipinski definition) is 2. The Hall–Kier alpha value is -2.08. The molecule has 0 saturated carbocycles. The highest BCUT2D eigenvalue weighted by Gasteiger charge is 2.83. The van der Waals surface area contributed by atoms with Gasteiger partial charge in [0.15, 0.2) is 10.9 Å². The fourth-order valence-corrected chi connectivity index (χ4v) is 7.65. The van der Waals surface area contributed by atoms with Crippen LogP contribution in [-0.2, 0) is 25.0 Å². The second-order valence-corrected chi connectivity index (χ2v) is 15.3. The summed E-state index contributed by atoms with van der Waals surface area (Å²) < 4.78 is 141. The minimum atomic E-state index is -7.19. The molecule has 216 valence electrons. The zero-order valence-corrected chi connectivity index (χ0v) is 22.7. The molecule has 8 nitrogen and oxygen atoms in total. The van der Waals surface area contributed by atoms with Gasteiger partial charge in [0.2, 0.25) is 0 Å². The molecule has 0 heterocycles. The molecule has 1 atom stereocenters. The first-order chi connectivity index (χ1) is 17.0. The molecule has 2 aromatic carbocycles. The van der Waals surface area contributed by atoms with Crippen molar-refractivity contribution in [2.45, 2.75) is 48.5 Å². The topological polar surface area (TPSA) is 135 Å². The lowest BCUT2D eigenvalue weighted by atomic mass is 9.92. The fraction of sp³-hybridized carbons (Fsp3) is 0.476. The predicted octanol–water partition coefficient (Wildman–Crippen LogP) is 4.96. The molecule has 0 aliphatic heterocycles. The van der Waals surface area contributed by atoms with Gasteiger partial charge in [-0.05, 0) is 30.2 Å². The molecule has 2 aromatic rings. The minimum Gasteiger partial charge on any atom is -0.386 e. The van der Waals surface area contributed by atoms with Crippen LogP contribution in [0.2, 0.25) is 0 Å². The molecule has 0 aliphatic carbocycles. The van der Waals surface area contributed by atoms with E-state index < -0.39 is 63.8 Å². The number of rotatable bonds is 10. The normalized spacial score (nSPS) is 16.6. The standard InChI is InChI=1S/C21H24F6O8S3/c1-5-18(2,3)17(29)36(4,12-28)16-11-10-15(13-8-6-7-9-14(13)16)35-38(33,34)21(26,27)19(22,23)20(24,25)37(30,31)32/h6-11,28H,5,12H2,1-4H3,(H,30,31,32). The second kappa shape index (κ2) is 9.83. The summed E-state index contributed by atoms with van der Waals surface area (Å²) in [7, 11) is -17.0. The molecule has 0 fully saturated rings. The smallest absolute Gasteiger partial charge is 0.386 e. The highest BCUT2D eigenvalue weighted by molar-refractivity contribution is 8.44. The summed E-state index contributed by atoms with van der Waals surface area (Å²) in [6, 6.07) is 6.80. The number of fused-ring (bicyclic) bond motifs is 1. The summed E-state index contributed by atoms with van der Waals surface area (Å²) >= 11 is 0. The van der Waals surface area contributed by atoms with Gasteiger partial charge in [-0.3, -0.25) is 9.35 Å². The van der Waals surface area contributed by atoms with E-state index in [9.17, 15) is 53.1 Å². The van der Waals surface area contributed by atoms with E-state index in [-0.39, 0.29) is 20.8 Å². The summed E-state index contributed by atoms with van der Waals surface area (Å²) in [6.45, 7) is 5.00. The molecule has 0 radical (unpaired) electrons. The first-order valence-corrected chi connectivity index (χ1v) is 15.5. The van der Waals surface area contributed by atoms with E-state index in [4.69, 9.17) is 4.55 Å². The van der Waals surface area contributed by atoms with E-state index in [1.165, 1.54) is 24.5 Å². The van der Waals surface area contributed by atoms with Crippen LogP contribution in [0.1, 0.15) is 27.2 Å². The average Bonchev–Trinajstić information content (AvgIpc) is 2.82. The molecule has 0 amide bonds. The molecule has 38 heavy (non-hydrogen) atoms. The molecule has 0 saturated heterocycles. The Kier molecular flexibility index (Phi) is 8.32. The van der Waals surface area contributed by atoms with E-state index >= 15 is 0 Å². The number of hydrogen-bond acceptors (Lipinski definition) is 7. The molecule has 17 heteroatoms. The highest BCUT2D eigenvalue weighted by Crippen LogP contribution is 2.60. The van der Waals surface area contributed by atoms with Crippen LogP contribution in [0, 0.1) is 5.41 Å². The van der Waals surface area contributed by atoms with Crippen LogP contribution in [0.5, 0.6) is 5.75 Å². The molecule has 0 aliphatic rings. The average molecular weight is 615 g/mol. The molecule has 1 unspecified atom stereocenters. The number of carbonyl (C=O) groups excluding carboxylic acids is 1. The summed E-state index contributed by atoms with van der Waals surface area (Å²) in [6.07, 6.45) is 1.83. The Morgan fingerprint density at radius 1 is 0.895 bits per heavy atom. The van der Waals surface area contributed by atoms with Gasteiger partial charge in [-0.25, -0.2) is 0 Å². The van der Waals surface area contributed by atoms with Crippen molar-refractivity contribution in [1.82, 2.24) is 0 Å². The summed E-state index contributed by atoms with van der Waals surface area (Å²) in [5.74, 6) is -8.87. The van der Waals surface area contributed by atoms with E-state index in [2.05, 4.69) is 4.18 Å². The van der Waals surface area contributed by atoms with Crippen LogP contribution in [0.25, 0.3) is 10.8 Å². The lowest BCUT2D eigenvalue weighted by Crippen LogP contribution is -2.61. The Labute approximate surface area is 216 Å². The van der Waals surface area contributed by atoms with Crippen molar-refractivity contribution >= 4 is 46.2 Å². The van der Waals surface area contributed by atoms with Crippen LogP contribution in [0.3, 0.4) is 0 Å². The van der Waals surface area contributed by atoms with E-state index in [1.807, 2.05) is 0 Å². The third-order valence-corrected chi connectivity index (χ3v) is 11.4. The van der Waals surface area contributed by atoms with E-state index in [0.717, 1.165) is 12.1 Å². The van der Waals surface area contributed by atoms with Crippen molar-refractivity contribution in [3.8, 4) is 5.75 Å². The Bertz CT molecular complexity index is 1460. The number of carbonyl (C=O) groups is 1. The van der Waals surface area contributed by atoms with Crippen molar-refractivity contribution in [3.05, 3.63) is 36.4 Å². The van der Waals surface area contributed by atoms with Crippen molar-refractivity contribution in [2.24, 2.45) is 5.41 Å². The van der Waals surface area contributed by atoms with Gasteiger partial charge < -0.3 is 9.29 Å². The molecule has 2 N–H and O–H groups in total. The number of aliphatic hydroxyl groups excluding tert-OH is 1. The van der Waals surface area contributed by atoms with E-state index in [1.54, 1.807) is 20.8 Å². The lowest BCUT2D eigenvalue weighted by Gasteiger charge is -2.39. The van der Waals surface area contributed by atoms with Gasteiger partial charge in [-0.1, -0.05) is 45.0 Å². The van der Waals surface area contributed by atoms with Crippen LogP contribution < -0.4 is 4.18 Å². The summed E-state index contributed by atoms with van der Waals surface area (Å²) in [5, 5.41) is -4.27. The Balaban J connectivity index is 2.73. The maximum atomic E-state index is 14.3. The highest BCUT2D eigenvalue weighted by atomic mass is 32.3. The van der Waals surface area contributed by atoms with E-state index in [0.29, 0.717) is 12.5 Å². The van der Waals surface area contributed by atoms with Gasteiger partial charge in [0.1, 0.15) is 0 Å². The number of benzene rings is 2. The molecule has 0 spiro atoms. The maximum Gasteiger partial charge on any atom is 0.450 e. The summed E-state index contributed by atoms with van der Waals surface area (Å²) in [4.78, 5) is 13.5. The SMILES string of the molecule is CCC(C)(C)C(=O)S(C)(CO)c1ccc(OS(=O)(=O)C(F)(F)C(F)(F)C(F)(F)S(=O)(=O)O)c2ccccc12. The Morgan fingerprint density at radius 3 is 1.84 bits per heavy atom. The van der Waals surface area contributed by atoms with Crippen molar-refractivity contribution < 1.29 is 61.8 Å². The zero-order valence-electron chi connectivity index (χ0n) is 20.2. The molecular weight excluding hydrogens is 590 g/mol. The summed E-state index contributed by atoms with van der Waals surface area (Å²) in [5.41, 5.74) is -0.918. The van der Waals surface area contributed by atoms with Gasteiger partial charge in [-0.2, -0.15) is 43.2 Å². The van der Waals surface area contributed by atoms with Crippen molar-refractivity contribution in [3.63, 3.8) is 0 Å². The molecule has 0 aromatic heterocycles. The van der Waals surface area contributed by atoms with Crippen molar-refractivity contribution in [2.75, 3.05) is 12.2 Å². The lowest BCUT2D eigenvalue weighted by molar-refractivity contribution is -0.247. The third-order valence-electron chi connectivity index (χ3n) is 6.00. The first-order valence-electron chi connectivity index (χ1n) is 10.4. The van der Waals surface area contributed by atoms with Gasteiger partial charge in [0.05, 0.1) is 5.94 Å². The molecule has 0 bridgehead atoms. The van der Waals surface area contributed by atoms with Crippen LogP contribution >= 0.6 is 10.0 Å². The fourth-order valence-electron chi connectivity index (χ4n) is 3.35. The van der Waals surface area contributed by atoms with Gasteiger partial charge >= 0.3 is 36.7 Å². The van der Waals surface area contributed by atoms with Crippen LogP contribution in [0.15, 0.2) is 41.3 Å². The van der Waals surface area contributed by atoms with Crippen molar-refractivity contribution in [1.29, 1.82) is 0 Å². The molecular formula is C21H24F6O8S3. The van der Waals surface area contributed by atoms with Gasteiger partial charge in [-0.15, -0.1) is 10.0 Å². The minimum absolute atomic E-state index is 0.00495. The van der Waals surface area contributed by atoms with Gasteiger partial charge in [0, 0.05) is 15.7 Å². The number of aliphatic hydroxyl groups is 1. The number of halogens is 6. The largest absolute Gasteiger partial charge is 0.450 e. The third kappa shape index (κ3) is 4.87. The monoisotopic (exact) mass is 614 g/mol. The predicted molar refractivity (Wildman–Crippen MR) is 128 cm³/mol. The molecule has 2 rings (SSSR count). The first kappa shape index (κ1) is 32.1. The zero-order chi connectivity index (χ0) is 29.8. The number of alkyl halides is 6. The van der Waals surface area contributed by atoms with Crippen LogP contribution in [-0.4, -0.2) is 60.2 Å². The second-order valence-electron chi connectivity index (χ2n) is 8.97.